The predicted molar refractivity (Wildman–Crippen MR) is 202 cm³/mol. The molecule has 0 radical (unpaired) electrons. The number of hydrogen-bond donors (Lipinski definition) is 1. The van der Waals surface area contributed by atoms with Gasteiger partial charge in [-0.25, -0.2) is 9.64 Å². The summed E-state index contributed by atoms with van der Waals surface area (Å²) in [5.41, 5.74) is 3.50. The number of nitrogens with zero attached hydrogens (tertiary/aromatic N) is 4. The summed E-state index contributed by atoms with van der Waals surface area (Å²) in [6, 6.07) is 8.17. The Morgan fingerprint density at radius 1 is 0.904 bits per heavy atom. The third-order valence-corrected chi connectivity index (χ3v) is 10.5. The topological polar surface area (TPSA) is 120 Å². The molecular weight excluding hydrogens is 658 g/mol. The van der Waals surface area contributed by atoms with E-state index in [1.165, 1.54) is 10.1 Å². The van der Waals surface area contributed by atoms with Gasteiger partial charge in [-0.3, -0.25) is 14.5 Å². The summed E-state index contributed by atoms with van der Waals surface area (Å²) in [6.45, 7) is 33.5. The largest absolute Gasteiger partial charge is 0.465 e. The van der Waals surface area contributed by atoms with E-state index in [1.807, 2.05) is 12.1 Å². The highest BCUT2D eigenvalue weighted by Gasteiger charge is 2.46. The number of rotatable bonds is 10. The second-order valence-electron chi connectivity index (χ2n) is 17.5. The van der Waals surface area contributed by atoms with Crippen molar-refractivity contribution >= 4 is 29.4 Å². The SMILES string of the molecule is [C-]#[N+]c1c(CC2C(C(C)(C)C)CC(C)CC2C(C)(C)C)c2[nH]c(-c3ccc(C(C)(C)C)cc3)nn2c1OC(=O)N(CC(=O)OCC)CC(=O)OCC. The van der Waals surface area contributed by atoms with Crippen LogP contribution in [-0.2, 0) is 30.9 Å². The first-order valence-corrected chi connectivity index (χ1v) is 18.6. The molecule has 1 fully saturated rings. The van der Waals surface area contributed by atoms with Crippen molar-refractivity contribution in [1.29, 1.82) is 0 Å². The first kappa shape index (κ1) is 40.4. The van der Waals surface area contributed by atoms with Crippen LogP contribution in [0.3, 0.4) is 0 Å². The molecule has 284 valence electrons. The normalized spacial score (nSPS) is 19.6. The number of aromatic nitrogens is 3. The molecule has 1 N–H and O–H groups in total. The van der Waals surface area contributed by atoms with Gasteiger partial charge in [-0.15, -0.1) is 5.10 Å². The molecule has 0 bridgehead atoms. The minimum atomic E-state index is -0.998. The van der Waals surface area contributed by atoms with Crippen molar-refractivity contribution in [3.63, 3.8) is 0 Å². The first-order valence-electron chi connectivity index (χ1n) is 18.6. The average molecular weight is 718 g/mol. The van der Waals surface area contributed by atoms with Gasteiger partial charge in [-0.05, 0) is 78.6 Å². The van der Waals surface area contributed by atoms with E-state index in [4.69, 9.17) is 25.9 Å². The molecule has 2 unspecified atom stereocenters. The molecular formula is C41H59N5O6. The maximum absolute atomic E-state index is 13.8. The Morgan fingerprint density at radius 2 is 1.42 bits per heavy atom. The highest BCUT2D eigenvalue weighted by Crippen LogP contribution is 2.54. The second kappa shape index (κ2) is 15.7. The predicted octanol–water partition coefficient (Wildman–Crippen LogP) is 9.02. The molecule has 1 aliphatic carbocycles. The zero-order chi connectivity index (χ0) is 38.8. The quantitative estimate of drug-likeness (QED) is 0.164. The van der Waals surface area contributed by atoms with Crippen LogP contribution in [0, 0.1) is 41.1 Å². The van der Waals surface area contributed by atoms with Gasteiger partial charge < -0.3 is 19.2 Å². The van der Waals surface area contributed by atoms with E-state index in [-0.39, 0.29) is 46.9 Å². The summed E-state index contributed by atoms with van der Waals surface area (Å²) in [5.74, 6) is 0.614. The Bertz CT molecular complexity index is 1730. The van der Waals surface area contributed by atoms with Crippen molar-refractivity contribution < 1.29 is 28.6 Å². The second-order valence-corrected chi connectivity index (χ2v) is 17.5. The first-order chi connectivity index (χ1) is 24.2. The van der Waals surface area contributed by atoms with Crippen LogP contribution in [0.1, 0.15) is 107 Å². The van der Waals surface area contributed by atoms with E-state index in [2.05, 4.69) is 91.2 Å². The summed E-state index contributed by atoms with van der Waals surface area (Å²) >= 11 is 0. The molecule has 2 atom stereocenters. The number of aromatic amines is 1. The van der Waals surface area contributed by atoms with Gasteiger partial charge in [0.25, 0.3) is 5.69 Å². The third-order valence-electron chi connectivity index (χ3n) is 10.5. The monoisotopic (exact) mass is 717 g/mol. The zero-order valence-electron chi connectivity index (χ0n) is 33.3. The van der Waals surface area contributed by atoms with Gasteiger partial charge in [-0.1, -0.05) is 93.5 Å². The number of fused-ring (bicyclic) bond motifs is 1. The van der Waals surface area contributed by atoms with E-state index in [0.29, 0.717) is 35.6 Å². The highest BCUT2D eigenvalue weighted by atomic mass is 16.6. The Kier molecular flexibility index (Phi) is 12.2. The van der Waals surface area contributed by atoms with Crippen LogP contribution in [-0.4, -0.2) is 63.8 Å². The Hall–Kier alpha value is -4.33. The number of carbonyl (C=O) groups is 3. The fourth-order valence-electron chi connectivity index (χ4n) is 7.85. The van der Waals surface area contributed by atoms with E-state index in [0.717, 1.165) is 28.9 Å². The zero-order valence-corrected chi connectivity index (χ0v) is 33.3. The van der Waals surface area contributed by atoms with Crippen LogP contribution < -0.4 is 4.74 Å². The van der Waals surface area contributed by atoms with Crippen LogP contribution >= 0.6 is 0 Å². The standard InChI is InChI=1S/C41H59N5O6/c1-14-50-32(47)23-45(24-33(48)51-15-2)38(49)52-37-34(42-13)29(22-28-30(40(7,8)9)20-25(3)21-31(28)41(10,11)12)36-43-35(44-46(36)37)26-16-18-27(19-17-26)39(4,5)6/h16-19,25,28,30-31H,14-15,20-24H2,1-12H3,(H,43,44). The molecule has 0 spiro atoms. The van der Waals surface area contributed by atoms with Gasteiger partial charge in [-0.2, -0.15) is 4.52 Å². The number of benzene rings is 1. The van der Waals surface area contributed by atoms with Crippen LogP contribution in [0.5, 0.6) is 5.88 Å². The number of amides is 1. The van der Waals surface area contributed by atoms with Crippen LogP contribution in [0.2, 0.25) is 0 Å². The number of carbonyl (C=O) groups excluding carboxylic acids is 3. The van der Waals surface area contributed by atoms with Crippen molar-refractivity contribution in [2.24, 2.45) is 34.5 Å². The van der Waals surface area contributed by atoms with Crippen molar-refractivity contribution in [2.75, 3.05) is 26.3 Å². The van der Waals surface area contributed by atoms with Crippen molar-refractivity contribution in [3.05, 3.63) is 46.8 Å². The van der Waals surface area contributed by atoms with Crippen LogP contribution in [0.4, 0.5) is 10.5 Å². The number of nitrogens with one attached hydrogen (secondary N) is 1. The lowest BCUT2D eigenvalue weighted by atomic mass is 9.54. The molecule has 3 aromatic rings. The summed E-state index contributed by atoms with van der Waals surface area (Å²) in [6.07, 6.45) is 1.74. The number of esters is 2. The van der Waals surface area contributed by atoms with Gasteiger partial charge >= 0.3 is 18.0 Å². The van der Waals surface area contributed by atoms with Crippen molar-refractivity contribution in [2.45, 2.75) is 108 Å². The molecule has 52 heavy (non-hydrogen) atoms. The summed E-state index contributed by atoms with van der Waals surface area (Å²) in [4.78, 5) is 47.2. The molecule has 2 aromatic heterocycles. The molecule has 11 heteroatoms. The minimum Gasteiger partial charge on any atom is -0.465 e. The lowest BCUT2D eigenvalue weighted by molar-refractivity contribution is -0.147. The average Bonchev–Trinajstić information content (AvgIpc) is 3.58. The molecule has 1 aromatic carbocycles. The van der Waals surface area contributed by atoms with Crippen molar-refractivity contribution in [1.82, 2.24) is 19.5 Å². The molecule has 4 rings (SSSR count). The molecule has 0 aliphatic heterocycles. The van der Waals surface area contributed by atoms with E-state index in [9.17, 15) is 14.4 Å². The fourth-order valence-corrected chi connectivity index (χ4v) is 7.85. The molecule has 2 heterocycles. The number of H-pyrrole nitrogens is 1. The van der Waals surface area contributed by atoms with E-state index >= 15 is 0 Å². The molecule has 1 aliphatic rings. The lowest BCUT2D eigenvalue weighted by Gasteiger charge is -2.51. The van der Waals surface area contributed by atoms with Gasteiger partial charge in [0, 0.05) is 11.1 Å². The van der Waals surface area contributed by atoms with Gasteiger partial charge in [0.2, 0.25) is 5.88 Å². The molecule has 11 nitrogen and oxygen atoms in total. The maximum Gasteiger partial charge on any atom is 0.416 e. The summed E-state index contributed by atoms with van der Waals surface area (Å²) < 4.78 is 17.6. The van der Waals surface area contributed by atoms with E-state index in [1.54, 1.807) is 13.8 Å². The van der Waals surface area contributed by atoms with Gasteiger partial charge in [0.1, 0.15) is 18.7 Å². The molecule has 1 amide bonds. The Labute approximate surface area is 309 Å². The summed E-state index contributed by atoms with van der Waals surface area (Å²) in [7, 11) is 0. The van der Waals surface area contributed by atoms with Crippen LogP contribution in [0.25, 0.3) is 21.9 Å². The van der Waals surface area contributed by atoms with Gasteiger partial charge in [0.15, 0.2) is 5.82 Å². The summed E-state index contributed by atoms with van der Waals surface area (Å²) in [5, 5.41) is 4.88. The fraction of sp³-hybridized carbons (Fsp3) is 0.634. The van der Waals surface area contributed by atoms with E-state index < -0.39 is 31.1 Å². The Balaban J connectivity index is 1.89. The number of hydrogen-bond acceptors (Lipinski definition) is 7. The highest BCUT2D eigenvalue weighted by molar-refractivity contribution is 5.85. The Morgan fingerprint density at radius 3 is 1.87 bits per heavy atom. The maximum atomic E-state index is 13.8. The van der Waals surface area contributed by atoms with Crippen molar-refractivity contribution in [3.8, 4) is 17.3 Å². The smallest absolute Gasteiger partial charge is 0.416 e. The number of ether oxygens (including phenoxy) is 3. The molecule has 1 saturated carbocycles. The van der Waals surface area contributed by atoms with Crippen LogP contribution in [0.15, 0.2) is 24.3 Å². The lowest BCUT2D eigenvalue weighted by Crippen LogP contribution is -2.44. The third kappa shape index (κ3) is 9.17. The van der Waals surface area contributed by atoms with Gasteiger partial charge in [0.05, 0.1) is 19.8 Å². The molecule has 0 saturated heterocycles. The minimum absolute atomic E-state index is 0.0178.